The van der Waals surface area contributed by atoms with Crippen molar-refractivity contribution in [1.29, 1.82) is 0 Å². The number of hydrogen-bond acceptors (Lipinski definition) is 4. The lowest BCUT2D eigenvalue weighted by Crippen LogP contribution is -2.46. The number of methoxy groups -OCH3 is 1. The van der Waals surface area contributed by atoms with Crippen LogP contribution in [0.4, 0.5) is 0 Å². The normalized spacial score (nSPS) is 18.3. The van der Waals surface area contributed by atoms with Gasteiger partial charge in [0.25, 0.3) is 0 Å². The van der Waals surface area contributed by atoms with Crippen LogP contribution in [-0.2, 0) is 6.42 Å². The lowest BCUT2D eigenvalue weighted by molar-refractivity contribution is 0.241. The topological polar surface area (TPSA) is 62.8 Å². The predicted octanol–water partition coefficient (Wildman–Crippen LogP) is 2.43. The van der Waals surface area contributed by atoms with Crippen LogP contribution < -0.4 is 10.1 Å². The van der Waals surface area contributed by atoms with E-state index in [1.165, 1.54) is 32.1 Å². The average Bonchev–Trinajstić information content (AvgIpc) is 2.89. The highest BCUT2D eigenvalue weighted by Gasteiger charge is 2.31. The summed E-state index contributed by atoms with van der Waals surface area (Å²) in [7, 11) is 3.69. The number of ether oxygens (including phenoxy) is 1. The smallest absolute Gasteiger partial charge is 0.215 e. The summed E-state index contributed by atoms with van der Waals surface area (Å²) in [5.74, 6) is 1.62. The van der Waals surface area contributed by atoms with Crippen molar-refractivity contribution in [3.05, 3.63) is 18.0 Å². The largest absolute Gasteiger partial charge is 0.481 e. The van der Waals surface area contributed by atoms with Crippen molar-refractivity contribution in [2.24, 2.45) is 0 Å². The number of pyridine rings is 1. The molecule has 2 aromatic rings. The van der Waals surface area contributed by atoms with Crippen LogP contribution in [0, 0.1) is 0 Å². The maximum atomic E-state index is 5.15. The van der Waals surface area contributed by atoms with Gasteiger partial charge in [0.15, 0.2) is 5.65 Å². The Morgan fingerprint density at radius 1 is 1.25 bits per heavy atom. The predicted molar refractivity (Wildman–Crippen MR) is 79.0 cm³/mol. The molecule has 0 spiro atoms. The van der Waals surface area contributed by atoms with Crippen LogP contribution in [0.2, 0.25) is 0 Å². The molecule has 20 heavy (non-hydrogen) atoms. The molecule has 0 atom stereocenters. The van der Waals surface area contributed by atoms with Crippen LogP contribution >= 0.6 is 0 Å². The van der Waals surface area contributed by atoms with E-state index in [2.05, 4.69) is 27.3 Å². The van der Waals surface area contributed by atoms with E-state index < -0.39 is 0 Å². The van der Waals surface area contributed by atoms with Gasteiger partial charge in [-0.25, -0.2) is 4.98 Å². The third-order valence-electron chi connectivity index (χ3n) is 4.43. The monoisotopic (exact) mass is 274 g/mol. The average molecular weight is 274 g/mol. The van der Waals surface area contributed by atoms with E-state index in [1.54, 1.807) is 7.11 Å². The number of H-pyrrole nitrogens is 1. The maximum absolute atomic E-state index is 5.15. The highest BCUT2D eigenvalue weighted by atomic mass is 16.5. The zero-order chi connectivity index (χ0) is 14.0. The molecule has 0 aromatic carbocycles. The standard InChI is InChI=1S/C15H22N4O/c1-16-15(8-4-3-5-9-15)10-12-17-11-6-7-13(20-2)19-14(11)18-12/h6-7,16H,3-5,8-10H2,1-2H3,(H,17,18,19). The summed E-state index contributed by atoms with van der Waals surface area (Å²) in [6.07, 6.45) is 7.32. The van der Waals surface area contributed by atoms with Crippen LogP contribution in [0.1, 0.15) is 37.9 Å². The van der Waals surface area contributed by atoms with E-state index in [0.717, 1.165) is 23.4 Å². The fourth-order valence-corrected chi connectivity index (χ4v) is 3.19. The third kappa shape index (κ3) is 2.50. The second-order valence-electron chi connectivity index (χ2n) is 5.68. The number of nitrogens with zero attached hydrogens (tertiary/aromatic N) is 2. The number of aromatic amines is 1. The van der Waals surface area contributed by atoms with Gasteiger partial charge in [-0.2, -0.15) is 4.98 Å². The van der Waals surface area contributed by atoms with Crippen LogP contribution in [0.5, 0.6) is 5.88 Å². The summed E-state index contributed by atoms with van der Waals surface area (Å²) in [6.45, 7) is 0. The lowest BCUT2D eigenvalue weighted by Gasteiger charge is -2.36. The van der Waals surface area contributed by atoms with E-state index in [1.807, 2.05) is 12.1 Å². The Kier molecular flexibility index (Phi) is 3.61. The van der Waals surface area contributed by atoms with Gasteiger partial charge in [0.1, 0.15) is 5.82 Å². The summed E-state index contributed by atoms with van der Waals surface area (Å²) in [5, 5.41) is 3.53. The van der Waals surface area contributed by atoms with Gasteiger partial charge < -0.3 is 15.0 Å². The van der Waals surface area contributed by atoms with Gasteiger partial charge in [0.2, 0.25) is 5.88 Å². The molecular weight excluding hydrogens is 252 g/mol. The molecule has 1 saturated carbocycles. The molecule has 5 heteroatoms. The van der Waals surface area contributed by atoms with Gasteiger partial charge in [-0.05, 0) is 26.0 Å². The van der Waals surface area contributed by atoms with Gasteiger partial charge >= 0.3 is 0 Å². The van der Waals surface area contributed by atoms with Crippen molar-refractivity contribution in [2.45, 2.75) is 44.1 Å². The SMILES string of the molecule is CNC1(Cc2nc3nc(OC)ccc3[nH]2)CCCCC1. The van der Waals surface area contributed by atoms with Gasteiger partial charge in [-0.15, -0.1) is 0 Å². The highest BCUT2D eigenvalue weighted by Crippen LogP contribution is 2.30. The number of rotatable bonds is 4. The quantitative estimate of drug-likeness (QED) is 0.899. The number of fused-ring (bicyclic) bond motifs is 1. The first-order chi connectivity index (χ1) is 9.74. The Hall–Kier alpha value is -1.62. The molecule has 1 aliphatic carbocycles. The van der Waals surface area contributed by atoms with Crippen LogP contribution in [-0.4, -0.2) is 34.6 Å². The van der Waals surface area contributed by atoms with Gasteiger partial charge in [-0.3, -0.25) is 0 Å². The van der Waals surface area contributed by atoms with E-state index in [0.29, 0.717) is 5.88 Å². The first-order valence-electron chi connectivity index (χ1n) is 7.33. The third-order valence-corrected chi connectivity index (χ3v) is 4.43. The Morgan fingerprint density at radius 3 is 2.75 bits per heavy atom. The molecule has 0 radical (unpaired) electrons. The number of hydrogen-bond donors (Lipinski definition) is 2. The fourth-order valence-electron chi connectivity index (χ4n) is 3.19. The van der Waals surface area contributed by atoms with Gasteiger partial charge in [0.05, 0.1) is 12.6 Å². The summed E-state index contributed by atoms with van der Waals surface area (Å²) in [6, 6.07) is 3.84. The second-order valence-corrected chi connectivity index (χ2v) is 5.68. The number of nitrogens with one attached hydrogen (secondary N) is 2. The van der Waals surface area contributed by atoms with E-state index in [4.69, 9.17) is 4.74 Å². The molecule has 1 aliphatic rings. The van der Waals surface area contributed by atoms with Crippen molar-refractivity contribution in [3.8, 4) is 5.88 Å². The van der Waals surface area contributed by atoms with E-state index in [-0.39, 0.29) is 5.54 Å². The fraction of sp³-hybridized carbons (Fsp3) is 0.600. The molecule has 5 nitrogen and oxygen atoms in total. The lowest BCUT2D eigenvalue weighted by atomic mass is 9.79. The van der Waals surface area contributed by atoms with Crippen molar-refractivity contribution >= 4 is 11.2 Å². The maximum Gasteiger partial charge on any atom is 0.215 e. The van der Waals surface area contributed by atoms with Crippen molar-refractivity contribution < 1.29 is 4.74 Å². The molecule has 2 aromatic heterocycles. The highest BCUT2D eigenvalue weighted by molar-refractivity contribution is 5.71. The Morgan fingerprint density at radius 2 is 2.05 bits per heavy atom. The van der Waals surface area contributed by atoms with E-state index >= 15 is 0 Å². The van der Waals surface area contributed by atoms with Crippen molar-refractivity contribution in [2.75, 3.05) is 14.2 Å². The summed E-state index contributed by atoms with van der Waals surface area (Å²) in [4.78, 5) is 12.4. The Bertz CT molecular complexity index is 587. The molecule has 3 rings (SSSR count). The van der Waals surface area contributed by atoms with Crippen LogP contribution in [0.3, 0.4) is 0 Å². The van der Waals surface area contributed by atoms with Crippen molar-refractivity contribution in [1.82, 2.24) is 20.3 Å². The Balaban J connectivity index is 1.86. The molecular formula is C15H22N4O. The molecule has 0 aliphatic heterocycles. The van der Waals surface area contributed by atoms with E-state index in [9.17, 15) is 0 Å². The molecule has 2 N–H and O–H groups in total. The molecule has 1 fully saturated rings. The molecule has 0 saturated heterocycles. The number of imidazole rings is 1. The molecule has 0 unspecified atom stereocenters. The van der Waals surface area contributed by atoms with Gasteiger partial charge in [-0.1, -0.05) is 19.3 Å². The summed E-state index contributed by atoms with van der Waals surface area (Å²) in [5.41, 5.74) is 1.90. The molecule has 0 amide bonds. The first-order valence-corrected chi connectivity index (χ1v) is 7.33. The first kappa shape index (κ1) is 13.4. The van der Waals surface area contributed by atoms with Crippen LogP contribution in [0.25, 0.3) is 11.2 Å². The molecule has 108 valence electrons. The minimum Gasteiger partial charge on any atom is -0.481 e. The second kappa shape index (κ2) is 5.40. The van der Waals surface area contributed by atoms with Gasteiger partial charge in [0, 0.05) is 18.0 Å². The molecule has 2 heterocycles. The summed E-state index contributed by atoms with van der Waals surface area (Å²) >= 11 is 0. The zero-order valence-electron chi connectivity index (χ0n) is 12.2. The minimum absolute atomic E-state index is 0.191. The minimum atomic E-state index is 0.191. The number of likely N-dealkylation sites (N-methyl/N-ethyl adjacent to an activating group) is 1. The van der Waals surface area contributed by atoms with Crippen LogP contribution in [0.15, 0.2) is 12.1 Å². The molecule has 0 bridgehead atoms. The summed E-state index contributed by atoms with van der Waals surface area (Å²) < 4.78 is 5.15. The van der Waals surface area contributed by atoms with Crippen molar-refractivity contribution in [3.63, 3.8) is 0 Å². The number of aromatic nitrogens is 3. The zero-order valence-corrected chi connectivity index (χ0v) is 12.2. The Labute approximate surface area is 119 Å².